The molecule has 7 nitrogen and oxygen atoms in total. The molecule has 3 aromatic rings. The fourth-order valence-corrected chi connectivity index (χ4v) is 4.10. The SMILES string of the molecule is CCOC(=O)C1C(=O)N(CCOC)c2nc3ccccc3n2C1c1cccc(C)c1. The minimum absolute atomic E-state index is 0.207. The van der Waals surface area contributed by atoms with Crippen LogP contribution in [0.1, 0.15) is 24.1 Å². The smallest absolute Gasteiger partial charge is 0.321 e. The number of rotatable bonds is 6. The number of anilines is 1. The molecule has 0 spiro atoms. The van der Waals surface area contributed by atoms with Crippen LogP contribution >= 0.6 is 0 Å². The third kappa shape index (κ3) is 3.35. The van der Waals surface area contributed by atoms with Crippen LogP contribution in [-0.2, 0) is 19.1 Å². The van der Waals surface area contributed by atoms with E-state index in [-0.39, 0.29) is 12.5 Å². The second kappa shape index (κ2) is 8.28. The molecular weight excluding hydrogens is 382 g/mol. The van der Waals surface area contributed by atoms with Crippen molar-refractivity contribution in [2.75, 3.05) is 31.8 Å². The van der Waals surface area contributed by atoms with Gasteiger partial charge in [0.1, 0.15) is 0 Å². The fourth-order valence-electron chi connectivity index (χ4n) is 4.10. The summed E-state index contributed by atoms with van der Waals surface area (Å²) in [5.74, 6) is -1.33. The van der Waals surface area contributed by atoms with Gasteiger partial charge in [-0.1, -0.05) is 42.0 Å². The number of amides is 1. The first-order valence-corrected chi connectivity index (χ1v) is 10.1. The molecule has 2 aromatic carbocycles. The monoisotopic (exact) mass is 407 g/mol. The van der Waals surface area contributed by atoms with Gasteiger partial charge in [-0.3, -0.25) is 14.5 Å². The lowest BCUT2D eigenvalue weighted by molar-refractivity contribution is -0.153. The molecule has 4 rings (SSSR count). The Labute approximate surface area is 175 Å². The Morgan fingerprint density at radius 3 is 2.70 bits per heavy atom. The highest BCUT2D eigenvalue weighted by molar-refractivity contribution is 6.08. The fraction of sp³-hybridized carbons (Fsp3) is 0.348. The van der Waals surface area contributed by atoms with Crippen molar-refractivity contribution < 1.29 is 19.1 Å². The molecule has 1 aliphatic heterocycles. The van der Waals surface area contributed by atoms with Gasteiger partial charge in [-0.25, -0.2) is 4.98 Å². The molecule has 1 aliphatic rings. The summed E-state index contributed by atoms with van der Waals surface area (Å²) < 4.78 is 12.5. The first-order valence-electron chi connectivity index (χ1n) is 10.1. The summed E-state index contributed by atoms with van der Waals surface area (Å²) >= 11 is 0. The molecular formula is C23H25N3O4. The van der Waals surface area contributed by atoms with E-state index in [0.29, 0.717) is 19.1 Å². The molecule has 2 atom stereocenters. The van der Waals surface area contributed by atoms with E-state index in [1.165, 1.54) is 4.90 Å². The Morgan fingerprint density at radius 1 is 1.17 bits per heavy atom. The van der Waals surface area contributed by atoms with Crippen LogP contribution < -0.4 is 4.90 Å². The molecule has 0 N–H and O–H groups in total. The lowest BCUT2D eigenvalue weighted by Gasteiger charge is -2.37. The summed E-state index contributed by atoms with van der Waals surface area (Å²) in [5.41, 5.74) is 3.56. The minimum atomic E-state index is -1.01. The van der Waals surface area contributed by atoms with Gasteiger partial charge in [0, 0.05) is 7.11 Å². The standard InChI is InChI=1S/C23H25N3O4/c1-4-30-22(28)19-20(16-9-7-8-15(2)14-16)26-18-11-6-5-10-17(18)24-23(26)25(21(19)27)12-13-29-3/h5-11,14,19-20H,4,12-13H2,1-3H3. The van der Waals surface area contributed by atoms with Crippen LogP contribution in [0.2, 0.25) is 0 Å². The Bertz CT molecular complexity index is 1090. The zero-order chi connectivity index (χ0) is 21.3. The molecule has 0 saturated carbocycles. The Morgan fingerprint density at radius 2 is 1.97 bits per heavy atom. The van der Waals surface area contributed by atoms with E-state index in [1.54, 1.807) is 14.0 Å². The number of para-hydroxylation sites is 2. The summed E-state index contributed by atoms with van der Waals surface area (Å²) in [7, 11) is 1.58. The zero-order valence-electron chi connectivity index (χ0n) is 17.4. The average Bonchev–Trinajstić information content (AvgIpc) is 3.11. The lowest BCUT2D eigenvalue weighted by Crippen LogP contribution is -2.51. The van der Waals surface area contributed by atoms with Crippen LogP contribution in [0.5, 0.6) is 0 Å². The highest BCUT2D eigenvalue weighted by Gasteiger charge is 2.47. The predicted molar refractivity (Wildman–Crippen MR) is 113 cm³/mol. The van der Waals surface area contributed by atoms with Gasteiger partial charge >= 0.3 is 5.97 Å². The summed E-state index contributed by atoms with van der Waals surface area (Å²) in [6.07, 6.45) is 0. The van der Waals surface area contributed by atoms with Crippen LogP contribution in [0.3, 0.4) is 0 Å². The Kier molecular flexibility index (Phi) is 5.55. The number of imidazole rings is 1. The van der Waals surface area contributed by atoms with Crippen LogP contribution in [0.4, 0.5) is 5.95 Å². The van der Waals surface area contributed by atoms with Gasteiger partial charge in [0.25, 0.3) is 0 Å². The third-order valence-electron chi connectivity index (χ3n) is 5.39. The molecule has 0 radical (unpaired) electrons. The summed E-state index contributed by atoms with van der Waals surface area (Å²) in [6, 6.07) is 15.0. The van der Waals surface area contributed by atoms with E-state index in [1.807, 2.05) is 60.0 Å². The van der Waals surface area contributed by atoms with Gasteiger partial charge in [0.15, 0.2) is 5.92 Å². The number of fused-ring (bicyclic) bond motifs is 3. The summed E-state index contributed by atoms with van der Waals surface area (Å²) in [4.78, 5) is 32.9. The first-order chi connectivity index (χ1) is 14.6. The number of methoxy groups -OCH3 is 1. The van der Waals surface area contributed by atoms with E-state index in [4.69, 9.17) is 14.5 Å². The Hall–Kier alpha value is -3.19. The van der Waals surface area contributed by atoms with Gasteiger partial charge in [-0.2, -0.15) is 0 Å². The number of hydrogen-bond acceptors (Lipinski definition) is 5. The van der Waals surface area contributed by atoms with E-state index in [0.717, 1.165) is 22.2 Å². The van der Waals surface area contributed by atoms with Crippen LogP contribution in [0, 0.1) is 12.8 Å². The molecule has 1 aromatic heterocycles. The maximum Gasteiger partial charge on any atom is 0.321 e. The first kappa shape index (κ1) is 20.1. The van der Waals surface area contributed by atoms with E-state index in [2.05, 4.69) is 0 Å². The number of benzene rings is 2. The molecule has 156 valence electrons. The van der Waals surface area contributed by atoms with Gasteiger partial charge < -0.3 is 14.0 Å². The number of esters is 1. The zero-order valence-corrected chi connectivity index (χ0v) is 17.4. The average molecular weight is 407 g/mol. The molecule has 0 bridgehead atoms. The van der Waals surface area contributed by atoms with Crippen molar-refractivity contribution >= 4 is 28.9 Å². The molecule has 0 aliphatic carbocycles. The van der Waals surface area contributed by atoms with Crippen LogP contribution in [-0.4, -0.2) is 48.3 Å². The molecule has 2 heterocycles. The molecule has 2 unspecified atom stereocenters. The number of hydrogen-bond donors (Lipinski definition) is 0. The van der Waals surface area contributed by atoms with Crippen molar-refractivity contribution in [2.45, 2.75) is 19.9 Å². The summed E-state index contributed by atoms with van der Waals surface area (Å²) in [5, 5.41) is 0. The van der Waals surface area contributed by atoms with Gasteiger partial charge in [-0.05, 0) is 31.5 Å². The van der Waals surface area contributed by atoms with Crippen LogP contribution in [0.25, 0.3) is 11.0 Å². The van der Waals surface area contributed by atoms with Crippen molar-refractivity contribution in [3.8, 4) is 0 Å². The Balaban J connectivity index is 1.98. The molecule has 7 heteroatoms. The second-order valence-corrected chi connectivity index (χ2v) is 7.34. The van der Waals surface area contributed by atoms with E-state index >= 15 is 0 Å². The number of carbonyl (C=O) groups is 2. The topological polar surface area (TPSA) is 73.7 Å². The normalized spacial score (nSPS) is 18.5. The maximum absolute atomic E-state index is 13.6. The largest absolute Gasteiger partial charge is 0.465 e. The number of aromatic nitrogens is 2. The van der Waals surface area contributed by atoms with Crippen molar-refractivity contribution in [3.05, 3.63) is 59.7 Å². The van der Waals surface area contributed by atoms with Gasteiger partial charge in [0.2, 0.25) is 11.9 Å². The number of nitrogens with zero attached hydrogens (tertiary/aromatic N) is 3. The van der Waals surface area contributed by atoms with Crippen molar-refractivity contribution in [1.82, 2.24) is 9.55 Å². The second-order valence-electron chi connectivity index (χ2n) is 7.34. The van der Waals surface area contributed by atoms with Crippen LogP contribution in [0.15, 0.2) is 48.5 Å². The van der Waals surface area contributed by atoms with Crippen molar-refractivity contribution in [3.63, 3.8) is 0 Å². The highest BCUT2D eigenvalue weighted by Crippen LogP contribution is 2.41. The van der Waals surface area contributed by atoms with Gasteiger partial charge in [-0.15, -0.1) is 0 Å². The summed E-state index contributed by atoms with van der Waals surface area (Å²) in [6.45, 7) is 4.58. The van der Waals surface area contributed by atoms with Crippen molar-refractivity contribution in [2.24, 2.45) is 5.92 Å². The number of ether oxygens (including phenoxy) is 2. The maximum atomic E-state index is 13.6. The van der Waals surface area contributed by atoms with Crippen molar-refractivity contribution in [1.29, 1.82) is 0 Å². The molecule has 0 saturated heterocycles. The predicted octanol–water partition coefficient (Wildman–Crippen LogP) is 3.11. The van der Waals surface area contributed by atoms with E-state index < -0.39 is 17.9 Å². The molecule has 30 heavy (non-hydrogen) atoms. The number of aryl methyl sites for hydroxylation is 1. The molecule has 1 amide bonds. The highest BCUT2D eigenvalue weighted by atomic mass is 16.5. The lowest BCUT2D eigenvalue weighted by atomic mass is 9.88. The minimum Gasteiger partial charge on any atom is -0.465 e. The third-order valence-corrected chi connectivity index (χ3v) is 5.39. The number of carbonyl (C=O) groups excluding carboxylic acids is 2. The van der Waals surface area contributed by atoms with E-state index in [9.17, 15) is 9.59 Å². The van der Waals surface area contributed by atoms with Gasteiger partial charge in [0.05, 0.1) is 36.8 Å². The quantitative estimate of drug-likeness (QED) is 0.464. The molecule has 0 fully saturated rings.